The minimum atomic E-state index is -0.296. The molecule has 4 nitrogen and oxygen atoms in total. The van der Waals surface area contributed by atoms with Crippen LogP contribution in [0.2, 0.25) is 0 Å². The maximum atomic E-state index is 11.9. The molecule has 0 fully saturated rings. The lowest BCUT2D eigenvalue weighted by Crippen LogP contribution is -2.39. The van der Waals surface area contributed by atoms with Gasteiger partial charge in [-0.25, -0.2) is 0 Å². The lowest BCUT2D eigenvalue weighted by Gasteiger charge is -2.17. The average Bonchev–Trinajstić information content (AvgIpc) is 2.44. The van der Waals surface area contributed by atoms with Crippen molar-refractivity contribution in [1.29, 1.82) is 0 Å². The molecule has 21 heavy (non-hydrogen) atoms. The zero-order chi connectivity index (χ0) is 15.7. The number of esters is 1. The lowest BCUT2D eigenvalue weighted by molar-refractivity contribution is -0.146. The van der Waals surface area contributed by atoms with E-state index in [9.17, 15) is 4.79 Å². The molecule has 0 heterocycles. The first-order valence-corrected chi connectivity index (χ1v) is 7.68. The Balaban J connectivity index is 2.50. The fourth-order valence-electron chi connectivity index (χ4n) is 2.11. The van der Waals surface area contributed by atoms with Crippen molar-refractivity contribution in [3.63, 3.8) is 0 Å². The highest BCUT2D eigenvalue weighted by Gasteiger charge is 2.18. The van der Waals surface area contributed by atoms with Crippen LogP contribution < -0.4 is 10.1 Å². The molecule has 0 bridgehead atoms. The molecule has 1 aromatic rings. The Morgan fingerprint density at radius 1 is 1.29 bits per heavy atom. The maximum absolute atomic E-state index is 11.9. The Bertz CT molecular complexity index is 446. The zero-order valence-electron chi connectivity index (χ0n) is 13.6. The Kier molecular flexibility index (Phi) is 7.83. The van der Waals surface area contributed by atoms with Gasteiger partial charge in [-0.1, -0.05) is 24.6 Å². The van der Waals surface area contributed by atoms with E-state index in [1.807, 2.05) is 26.0 Å². The molecule has 0 radical (unpaired) electrons. The van der Waals surface area contributed by atoms with Crippen molar-refractivity contribution >= 4 is 5.97 Å². The van der Waals surface area contributed by atoms with E-state index in [1.54, 1.807) is 0 Å². The summed E-state index contributed by atoms with van der Waals surface area (Å²) in [5.41, 5.74) is 2.33. The normalized spacial score (nSPS) is 12.0. The summed E-state index contributed by atoms with van der Waals surface area (Å²) in [7, 11) is 0. The molecule has 0 saturated heterocycles. The third-order valence-corrected chi connectivity index (χ3v) is 3.21. The minimum absolute atomic E-state index is 0.199. The van der Waals surface area contributed by atoms with Gasteiger partial charge in [-0.15, -0.1) is 0 Å². The number of nitrogens with one attached hydrogen (secondary N) is 1. The summed E-state index contributed by atoms with van der Waals surface area (Å²) >= 11 is 0. The molecule has 1 atom stereocenters. The Morgan fingerprint density at radius 2 is 2.05 bits per heavy atom. The van der Waals surface area contributed by atoms with Gasteiger partial charge in [0.1, 0.15) is 11.8 Å². The number of carbonyl (C=O) groups is 1. The predicted octanol–water partition coefficient (Wildman–Crippen LogP) is 3.00. The number of aryl methyl sites for hydroxylation is 2. The molecule has 1 aromatic carbocycles. The van der Waals surface area contributed by atoms with Crippen molar-refractivity contribution in [3.05, 3.63) is 29.3 Å². The smallest absolute Gasteiger partial charge is 0.323 e. The van der Waals surface area contributed by atoms with Gasteiger partial charge < -0.3 is 14.8 Å². The van der Waals surface area contributed by atoms with Gasteiger partial charge in [0.2, 0.25) is 0 Å². The molecule has 0 aliphatic carbocycles. The van der Waals surface area contributed by atoms with E-state index < -0.39 is 0 Å². The third kappa shape index (κ3) is 6.17. The fourth-order valence-corrected chi connectivity index (χ4v) is 2.11. The van der Waals surface area contributed by atoms with Gasteiger partial charge in [0, 0.05) is 6.42 Å². The summed E-state index contributed by atoms with van der Waals surface area (Å²) in [5, 5.41) is 3.21. The number of hydrogen-bond acceptors (Lipinski definition) is 4. The van der Waals surface area contributed by atoms with E-state index >= 15 is 0 Å². The van der Waals surface area contributed by atoms with Crippen LogP contribution in [0.3, 0.4) is 0 Å². The van der Waals surface area contributed by atoms with Crippen LogP contribution in [0.5, 0.6) is 5.75 Å². The summed E-state index contributed by atoms with van der Waals surface area (Å²) < 4.78 is 10.9. The van der Waals surface area contributed by atoms with Gasteiger partial charge in [0.05, 0.1) is 13.2 Å². The van der Waals surface area contributed by atoms with Crippen molar-refractivity contribution in [2.75, 3.05) is 19.8 Å². The van der Waals surface area contributed by atoms with Crippen molar-refractivity contribution in [2.24, 2.45) is 0 Å². The molecular weight excluding hydrogens is 266 g/mol. The van der Waals surface area contributed by atoms with Crippen LogP contribution in [0, 0.1) is 13.8 Å². The number of ether oxygens (including phenoxy) is 2. The van der Waals surface area contributed by atoms with Gasteiger partial charge in [-0.3, -0.25) is 4.79 Å². The third-order valence-electron chi connectivity index (χ3n) is 3.21. The number of rotatable bonds is 9. The molecule has 0 aromatic heterocycles. The molecule has 0 spiro atoms. The second kappa shape index (κ2) is 9.40. The second-order valence-electron chi connectivity index (χ2n) is 5.16. The quantitative estimate of drug-likeness (QED) is 0.711. The zero-order valence-corrected chi connectivity index (χ0v) is 13.6. The van der Waals surface area contributed by atoms with E-state index in [0.717, 1.165) is 24.3 Å². The summed E-state index contributed by atoms with van der Waals surface area (Å²) in [6.45, 7) is 9.67. The van der Waals surface area contributed by atoms with E-state index in [2.05, 4.69) is 25.2 Å². The van der Waals surface area contributed by atoms with Crippen LogP contribution in [-0.4, -0.2) is 31.8 Å². The largest absolute Gasteiger partial charge is 0.493 e. The van der Waals surface area contributed by atoms with Gasteiger partial charge >= 0.3 is 5.97 Å². The molecule has 118 valence electrons. The molecule has 0 aliphatic heterocycles. The Morgan fingerprint density at radius 3 is 2.67 bits per heavy atom. The molecule has 4 heteroatoms. The fraction of sp³-hybridized carbons (Fsp3) is 0.588. The number of hydrogen-bond donors (Lipinski definition) is 1. The van der Waals surface area contributed by atoms with Gasteiger partial charge in [-0.2, -0.15) is 0 Å². The van der Waals surface area contributed by atoms with Crippen LogP contribution >= 0.6 is 0 Å². The summed E-state index contributed by atoms with van der Waals surface area (Å²) in [5.74, 6) is 0.675. The molecular formula is C17H27NO3. The topological polar surface area (TPSA) is 47.6 Å². The molecule has 1 rings (SSSR count). The van der Waals surface area contributed by atoms with E-state index in [-0.39, 0.29) is 12.0 Å². The SMILES string of the molecule is CCCNC(CCOc1ccc(C)cc1C)C(=O)OCC. The lowest BCUT2D eigenvalue weighted by atomic mass is 10.1. The molecule has 1 N–H and O–H groups in total. The first kappa shape index (κ1) is 17.5. The van der Waals surface area contributed by atoms with Crippen LogP contribution in [0.25, 0.3) is 0 Å². The van der Waals surface area contributed by atoms with E-state index in [1.165, 1.54) is 5.56 Å². The number of benzene rings is 1. The predicted molar refractivity (Wildman–Crippen MR) is 84.7 cm³/mol. The highest BCUT2D eigenvalue weighted by atomic mass is 16.5. The van der Waals surface area contributed by atoms with Crippen molar-refractivity contribution in [1.82, 2.24) is 5.32 Å². The van der Waals surface area contributed by atoms with Gasteiger partial charge in [-0.05, 0) is 45.4 Å². The van der Waals surface area contributed by atoms with Crippen LogP contribution in [0.4, 0.5) is 0 Å². The molecule has 0 aliphatic rings. The number of carbonyl (C=O) groups excluding carboxylic acids is 1. The monoisotopic (exact) mass is 293 g/mol. The average molecular weight is 293 g/mol. The molecule has 1 unspecified atom stereocenters. The second-order valence-corrected chi connectivity index (χ2v) is 5.16. The van der Waals surface area contributed by atoms with Crippen molar-refractivity contribution in [3.8, 4) is 5.75 Å². The van der Waals surface area contributed by atoms with Crippen molar-refractivity contribution < 1.29 is 14.3 Å². The van der Waals surface area contributed by atoms with Crippen LogP contribution in [-0.2, 0) is 9.53 Å². The first-order chi connectivity index (χ1) is 10.1. The summed E-state index contributed by atoms with van der Waals surface area (Å²) in [6, 6.07) is 5.80. The standard InChI is InChI=1S/C17H27NO3/c1-5-10-18-15(17(19)20-6-2)9-11-21-16-8-7-13(3)12-14(16)4/h7-8,12,15,18H,5-6,9-11H2,1-4H3. The van der Waals surface area contributed by atoms with Crippen LogP contribution in [0.15, 0.2) is 18.2 Å². The van der Waals surface area contributed by atoms with Gasteiger partial charge in [0.25, 0.3) is 0 Å². The summed E-state index contributed by atoms with van der Waals surface area (Å²) in [6.07, 6.45) is 1.58. The van der Waals surface area contributed by atoms with Crippen molar-refractivity contribution in [2.45, 2.75) is 46.6 Å². The highest BCUT2D eigenvalue weighted by Crippen LogP contribution is 2.19. The Labute approximate surface area is 127 Å². The maximum Gasteiger partial charge on any atom is 0.323 e. The van der Waals surface area contributed by atoms with Gasteiger partial charge in [0.15, 0.2) is 0 Å². The van der Waals surface area contributed by atoms with E-state index in [4.69, 9.17) is 9.47 Å². The molecule has 0 amide bonds. The highest BCUT2D eigenvalue weighted by molar-refractivity contribution is 5.75. The Hall–Kier alpha value is -1.55. The van der Waals surface area contributed by atoms with Crippen LogP contribution in [0.1, 0.15) is 37.8 Å². The van der Waals surface area contributed by atoms with E-state index in [0.29, 0.717) is 19.6 Å². The first-order valence-electron chi connectivity index (χ1n) is 7.68. The summed E-state index contributed by atoms with van der Waals surface area (Å²) in [4.78, 5) is 11.9. The minimum Gasteiger partial charge on any atom is -0.493 e. The molecule has 0 saturated carbocycles.